The smallest absolute Gasteiger partial charge is 0.420 e. The third-order valence-electron chi connectivity index (χ3n) is 3.88. The van der Waals surface area contributed by atoms with E-state index in [1.807, 2.05) is 6.07 Å². The minimum absolute atomic E-state index is 0.0556. The fourth-order valence-electron chi connectivity index (χ4n) is 2.67. The van der Waals surface area contributed by atoms with Crippen LogP contribution in [0.3, 0.4) is 0 Å². The molecule has 2 heterocycles. The second-order valence-corrected chi connectivity index (χ2v) is 7.70. The lowest BCUT2D eigenvalue weighted by molar-refractivity contribution is -0.137. The summed E-state index contributed by atoms with van der Waals surface area (Å²) in [7, 11) is 0. The van der Waals surface area contributed by atoms with Crippen molar-refractivity contribution in [3.05, 3.63) is 46.2 Å². The molecule has 1 aliphatic heterocycles. The van der Waals surface area contributed by atoms with Gasteiger partial charge in [0.2, 0.25) is 5.95 Å². The molecule has 1 aliphatic rings. The van der Waals surface area contributed by atoms with Crippen molar-refractivity contribution in [3.8, 4) is 0 Å². The predicted octanol–water partition coefficient (Wildman–Crippen LogP) is 5.14. The van der Waals surface area contributed by atoms with Gasteiger partial charge in [-0.05, 0) is 44.0 Å². The highest BCUT2D eigenvalue weighted by molar-refractivity contribution is 6.30. The van der Waals surface area contributed by atoms with Crippen LogP contribution in [0.5, 0.6) is 0 Å². The van der Waals surface area contributed by atoms with Gasteiger partial charge in [0, 0.05) is 25.0 Å². The van der Waals surface area contributed by atoms with Crippen LogP contribution < -0.4 is 5.32 Å². The van der Waals surface area contributed by atoms with Crippen LogP contribution in [0.25, 0.3) is 0 Å². The first-order valence-corrected chi connectivity index (χ1v) is 8.77. The van der Waals surface area contributed by atoms with E-state index in [9.17, 15) is 18.0 Å². The molecule has 150 valence electrons. The molecule has 0 fully saturated rings. The summed E-state index contributed by atoms with van der Waals surface area (Å²) in [6.45, 7) is 6.18. The number of carbonyl (C=O) groups excluding carboxylic acids is 1. The van der Waals surface area contributed by atoms with Gasteiger partial charge in [0.15, 0.2) is 0 Å². The third-order valence-corrected chi connectivity index (χ3v) is 4.17. The second kappa shape index (κ2) is 7.12. The lowest BCUT2D eigenvalue weighted by atomic mass is 10.1. The fourth-order valence-corrected chi connectivity index (χ4v) is 2.90. The molecule has 1 aromatic carbocycles. The van der Waals surface area contributed by atoms with Gasteiger partial charge in [-0.25, -0.2) is 14.8 Å². The molecule has 0 spiro atoms. The van der Waals surface area contributed by atoms with E-state index >= 15 is 0 Å². The first-order chi connectivity index (χ1) is 12.9. The maximum absolute atomic E-state index is 12.7. The molecule has 1 aromatic heterocycles. The number of ether oxygens (including phenoxy) is 1. The molecule has 1 N–H and O–H groups in total. The molecule has 6 nitrogen and oxygen atoms in total. The topological polar surface area (TPSA) is 67.3 Å². The quantitative estimate of drug-likeness (QED) is 0.689. The number of carbonyl (C=O) groups is 1. The molecular formula is C18H18ClF3N4O2. The van der Waals surface area contributed by atoms with Crippen molar-refractivity contribution in [2.45, 2.75) is 45.6 Å². The molecule has 0 radical (unpaired) electrons. The number of nitrogens with one attached hydrogen (secondary N) is 1. The molecule has 0 unspecified atom stereocenters. The number of amides is 1. The number of aromatic nitrogens is 2. The molecule has 2 aromatic rings. The SMILES string of the molecule is CC(C)(C)OC(=O)N1Cc2ccc(Nc3ncc(C(F)(F)F)c(Cl)n3)cc2C1. The Balaban J connectivity index is 1.72. The van der Waals surface area contributed by atoms with Crippen molar-refractivity contribution in [2.24, 2.45) is 0 Å². The number of rotatable bonds is 2. The van der Waals surface area contributed by atoms with Crippen LogP contribution in [0, 0.1) is 0 Å². The Morgan fingerprint density at radius 3 is 2.50 bits per heavy atom. The van der Waals surface area contributed by atoms with E-state index in [0.717, 1.165) is 11.1 Å². The number of fused-ring (bicyclic) bond motifs is 1. The minimum atomic E-state index is -4.62. The van der Waals surface area contributed by atoms with Gasteiger partial charge < -0.3 is 10.1 Å². The third kappa shape index (κ3) is 4.64. The largest absolute Gasteiger partial charge is 0.444 e. The zero-order valence-corrected chi connectivity index (χ0v) is 16.1. The van der Waals surface area contributed by atoms with E-state index < -0.39 is 28.6 Å². The molecule has 1 amide bonds. The van der Waals surface area contributed by atoms with E-state index in [1.165, 1.54) is 0 Å². The van der Waals surface area contributed by atoms with Gasteiger partial charge in [-0.1, -0.05) is 17.7 Å². The van der Waals surface area contributed by atoms with Crippen LogP contribution >= 0.6 is 11.6 Å². The van der Waals surface area contributed by atoms with E-state index in [1.54, 1.807) is 37.8 Å². The molecule has 10 heteroatoms. The van der Waals surface area contributed by atoms with Crippen LogP contribution in [0.1, 0.15) is 37.5 Å². The fraction of sp³-hybridized carbons (Fsp3) is 0.389. The molecular weight excluding hydrogens is 397 g/mol. The summed E-state index contributed by atoms with van der Waals surface area (Å²) in [4.78, 5) is 21.1. The van der Waals surface area contributed by atoms with E-state index in [0.29, 0.717) is 25.0 Å². The summed E-state index contributed by atoms with van der Waals surface area (Å²) in [6, 6.07) is 5.34. The van der Waals surface area contributed by atoms with Crippen molar-refractivity contribution in [1.82, 2.24) is 14.9 Å². The first-order valence-electron chi connectivity index (χ1n) is 8.39. The van der Waals surface area contributed by atoms with Crippen molar-refractivity contribution < 1.29 is 22.7 Å². The average Bonchev–Trinajstić information content (AvgIpc) is 2.95. The Hall–Kier alpha value is -2.55. The number of hydrogen-bond donors (Lipinski definition) is 1. The van der Waals surface area contributed by atoms with Gasteiger partial charge in [0.05, 0.1) is 0 Å². The highest BCUT2D eigenvalue weighted by atomic mass is 35.5. The van der Waals surface area contributed by atoms with Gasteiger partial charge in [0.1, 0.15) is 16.3 Å². The van der Waals surface area contributed by atoms with Crippen LogP contribution in [-0.4, -0.2) is 26.6 Å². The van der Waals surface area contributed by atoms with E-state index in [-0.39, 0.29) is 5.95 Å². The van der Waals surface area contributed by atoms with Gasteiger partial charge in [-0.15, -0.1) is 0 Å². The average molecular weight is 415 g/mol. The summed E-state index contributed by atoms with van der Waals surface area (Å²) in [5.41, 5.74) is 0.747. The zero-order chi connectivity index (χ0) is 20.7. The van der Waals surface area contributed by atoms with Crippen molar-refractivity contribution in [2.75, 3.05) is 5.32 Å². The lowest BCUT2D eigenvalue weighted by Gasteiger charge is -2.24. The Kier molecular flexibility index (Phi) is 5.14. The summed E-state index contributed by atoms with van der Waals surface area (Å²) in [5.74, 6) is -0.0556. The van der Waals surface area contributed by atoms with Crippen LogP contribution in [0.2, 0.25) is 5.15 Å². The number of halogens is 4. The van der Waals surface area contributed by atoms with Crippen LogP contribution in [0.4, 0.5) is 29.6 Å². The summed E-state index contributed by atoms with van der Waals surface area (Å²) < 4.78 is 43.6. The normalized spacial score (nSPS) is 14.0. The van der Waals surface area contributed by atoms with Gasteiger partial charge in [0.25, 0.3) is 0 Å². The number of alkyl halides is 3. The van der Waals surface area contributed by atoms with Crippen LogP contribution in [0.15, 0.2) is 24.4 Å². The number of benzene rings is 1. The summed E-state index contributed by atoms with van der Waals surface area (Å²) in [6.07, 6.45) is -4.39. The van der Waals surface area contributed by atoms with Crippen molar-refractivity contribution in [3.63, 3.8) is 0 Å². The predicted molar refractivity (Wildman–Crippen MR) is 97.2 cm³/mol. The Morgan fingerprint density at radius 1 is 1.21 bits per heavy atom. The Bertz CT molecular complexity index is 913. The number of anilines is 2. The Morgan fingerprint density at radius 2 is 1.89 bits per heavy atom. The van der Waals surface area contributed by atoms with Crippen molar-refractivity contribution >= 4 is 29.3 Å². The van der Waals surface area contributed by atoms with E-state index in [2.05, 4.69) is 15.3 Å². The first kappa shape index (κ1) is 20.2. The zero-order valence-electron chi connectivity index (χ0n) is 15.4. The molecule has 0 atom stereocenters. The number of nitrogens with zero attached hydrogens (tertiary/aromatic N) is 3. The highest BCUT2D eigenvalue weighted by Gasteiger charge is 2.34. The summed E-state index contributed by atoms with van der Waals surface area (Å²) >= 11 is 5.61. The van der Waals surface area contributed by atoms with Gasteiger partial charge in [-0.2, -0.15) is 13.2 Å². The second-order valence-electron chi connectivity index (χ2n) is 7.34. The molecule has 0 aliphatic carbocycles. The van der Waals surface area contributed by atoms with Crippen molar-refractivity contribution in [1.29, 1.82) is 0 Å². The maximum atomic E-state index is 12.7. The van der Waals surface area contributed by atoms with E-state index in [4.69, 9.17) is 16.3 Å². The lowest BCUT2D eigenvalue weighted by Crippen LogP contribution is -2.33. The van der Waals surface area contributed by atoms with Crippen LogP contribution in [-0.2, 0) is 24.0 Å². The molecule has 0 saturated heterocycles. The maximum Gasteiger partial charge on any atom is 0.420 e. The summed E-state index contributed by atoms with van der Waals surface area (Å²) in [5, 5.41) is 2.15. The standard InChI is InChI=1S/C18H18ClF3N4O2/c1-17(2,3)28-16(27)26-8-10-4-5-12(6-11(10)9-26)24-15-23-7-13(14(19)25-15)18(20,21)22/h4-7H,8-9H2,1-3H3,(H,23,24,25). The molecule has 28 heavy (non-hydrogen) atoms. The Labute approximate surface area is 164 Å². The molecule has 3 rings (SSSR count). The highest BCUT2D eigenvalue weighted by Crippen LogP contribution is 2.34. The molecule has 0 saturated carbocycles. The number of hydrogen-bond acceptors (Lipinski definition) is 5. The van der Waals surface area contributed by atoms with Gasteiger partial charge in [-0.3, -0.25) is 4.90 Å². The molecule has 0 bridgehead atoms. The minimum Gasteiger partial charge on any atom is -0.444 e. The van der Waals surface area contributed by atoms with Gasteiger partial charge >= 0.3 is 12.3 Å². The monoisotopic (exact) mass is 414 g/mol.